The average Bonchev–Trinajstić information content (AvgIpc) is 1.98. The second-order valence-corrected chi connectivity index (χ2v) is 4.26. The summed E-state index contributed by atoms with van der Waals surface area (Å²) in [5, 5.41) is 2.38. The second kappa shape index (κ2) is 7.22. The summed E-state index contributed by atoms with van der Waals surface area (Å²) >= 11 is 0. The molecule has 91 valence electrons. The Morgan fingerprint density at radius 1 is 1.31 bits per heavy atom. The van der Waals surface area contributed by atoms with Crippen LogP contribution in [0.25, 0.3) is 0 Å². The maximum Gasteiger partial charge on any atom is 0.405 e. The van der Waals surface area contributed by atoms with E-state index in [1.807, 2.05) is 0 Å². The van der Waals surface area contributed by atoms with E-state index in [0.29, 0.717) is 0 Å². The first kappa shape index (κ1) is 18.2. The number of hydrogen-bond donors (Lipinski definition) is 2. The van der Waals surface area contributed by atoms with Crippen LogP contribution in [0.3, 0.4) is 0 Å². The monoisotopic (exact) mass is 303 g/mol. The third kappa shape index (κ3) is 8.05. The molecule has 2 atom stereocenters. The van der Waals surface area contributed by atoms with Crippen LogP contribution in [0, 0.1) is 19.8 Å². The smallest absolute Gasteiger partial charge is 0.405 e. The quantitative estimate of drug-likeness (QED) is 0.751. The number of carbonyl (C=O) groups is 2. The number of nitrogens with one attached hydrogen (secondary N) is 1. The molecule has 0 aromatic rings. The van der Waals surface area contributed by atoms with E-state index in [-0.39, 0.29) is 32.7 Å². The van der Waals surface area contributed by atoms with Crippen LogP contribution in [-0.4, -0.2) is 23.6 Å². The van der Waals surface area contributed by atoms with Crippen LogP contribution in [0.1, 0.15) is 20.8 Å². The van der Waals surface area contributed by atoms with E-state index in [2.05, 4.69) is 19.2 Å². The maximum atomic E-state index is 11.2. The first-order valence-corrected chi connectivity index (χ1v) is 4.58. The molecule has 2 unspecified atom stereocenters. The van der Waals surface area contributed by atoms with Gasteiger partial charge in [0.2, 0.25) is 0 Å². The molecule has 0 spiro atoms. The van der Waals surface area contributed by atoms with Gasteiger partial charge in [-0.25, -0.2) is 4.79 Å². The normalized spacial score (nSPS) is 14.3. The van der Waals surface area contributed by atoms with Gasteiger partial charge >= 0.3 is 6.09 Å². The molecule has 6 heteroatoms. The zero-order valence-electron chi connectivity index (χ0n) is 9.95. The van der Waals surface area contributed by atoms with Crippen molar-refractivity contribution in [2.75, 3.05) is 0 Å². The number of nitrogens with two attached hydrogens (primary N) is 1. The van der Waals surface area contributed by atoms with Gasteiger partial charge in [0.05, 0.1) is 0 Å². The number of rotatable bonds is 3. The van der Waals surface area contributed by atoms with Crippen LogP contribution in [-0.2, 0) is 42.2 Å². The van der Waals surface area contributed by atoms with Crippen molar-refractivity contribution in [1.29, 1.82) is 0 Å². The molecule has 0 aliphatic rings. The Morgan fingerprint density at radius 2 is 1.75 bits per heavy atom. The van der Waals surface area contributed by atoms with E-state index in [4.69, 9.17) is 10.5 Å². The van der Waals surface area contributed by atoms with Crippen molar-refractivity contribution >= 4 is 12.0 Å². The van der Waals surface area contributed by atoms with Gasteiger partial charge in [0, 0.05) is 32.7 Å². The summed E-state index contributed by atoms with van der Waals surface area (Å²) in [5.41, 5.74) is 4.42. The minimum atomic E-state index is -0.780. The number of amides is 2. The molecule has 0 bridgehead atoms. The van der Waals surface area contributed by atoms with Crippen LogP contribution < -0.4 is 11.1 Å². The van der Waals surface area contributed by atoms with Gasteiger partial charge in [-0.3, -0.25) is 4.79 Å². The number of carbonyl (C=O) groups excluding carboxylic acids is 2. The SMILES string of the molecule is [CH2-]C(NC(=O)OC(C)(C)C)C([CH2-])C(N)=O.[Y]. The summed E-state index contributed by atoms with van der Waals surface area (Å²) in [4.78, 5) is 22.0. The molecule has 0 rings (SSSR count). The molecule has 16 heavy (non-hydrogen) atoms. The molecular weight excluding hydrogens is 285 g/mol. The van der Waals surface area contributed by atoms with E-state index < -0.39 is 29.6 Å². The minimum absolute atomic E-state index is 0. The first-order valence-electron chi connectivity index (χ1n) is 4.58. The van der Waals surface area contributed by atoms with Gasteiger partial charge < -0.3 is 29.6 Å². The molecule has 1 radical (unpaired) electrons. The van der Waals surface area contributed by atoms with E-state index in [1.54, 1.807) is 20.8 Å². The summed E-state index contributed by atoms with van der Waals surface area (Å²) in [6.07, 6.45) is -0.641. The molecule has 0 saturated heterocycles. The summed E-state index contributed by atoms with van der Waals surface area (Å²) in [5.74, 6) is -1.40. The minimum Gasteiger partial charge on any atom is -0.444 e. The van der Waals surface area contributed by atoms with Gasteiger partial charge in [-0.15, -0.1) is 6.04 Å². The maximum absolute atomic E-state index is 11.2. The van der Waals surface area contributed by atoms with Gasteiger partial charge in [-0.05, 0) is 20.8 Å². The third-order valence-electron chi connectivity index (χ3n) is 1.55. The topological polar surface area (TPSA) is 81.4 Å². The van der Waals surface area contributed by atoms with Crippen molar-refractivity contribution in [3.8, 4) is 0 Å². The van der Waals surface area contributed by atoms with Gasteiger partial charge in [0.15, 0.2) is 5.91 Å². The zero-order valence-corrected chi connectivity index (χ0v) is 12.8. The first-order chi connectivity index (χ1) is 6.63. The van der Waals surface area contributed by atoms with Crippen molar-refractivity contribution in [1.82, 2.24) is 5.32 Å². The molecular formula is C10H18N2O3Y-2. The van der Waals surface area contributed by atoms with Crippen molar-refractivity contribution in [3.63, 3.8) is 0 Å². The third-order valence-corrected chi connectivity index (χ3v) is 1.55. The summed E-state index contributed by atoms with van der Waals surface area (Å²) in [6, 6.07) is -0.697. The van der Waals surface area contributed by atoms with Crippen molar-refractivity contribution in [3.05, 3.63) is 13.8 Å². The van der Waals surface area contributed by atoms with E-state index in [1.165, 1.54) is 0 Å². The Hall–Kier alpha value is -0.156. The van der Waals surface area contributed by atoms with Gasteiger partial charge in [-0.2, -0.15) is 0 Å². The number of primary amides is 1. The van der Waals surface area contributed by atoms with E-state index >= 15 is 0 Å². The van der Waals surface area contributed by atoms with Crippen LogP contribution in [0.2, 0.25) is 0 Å². The predicted molar refractivity (Wildman–Crippen MR) is 56.6 cm³/mol. The molecule has 3 N–H and O–H groups in total. The number of hydrogen-bond acceptors (Lipinski definition) is 3. The molecule has 5 nitrogen and oxygen atoms in total. The Morgan fingerprint density at radius 3 is 2.06 bits per heavy atom. The van der Waals surface area contributed by atoms with Crippen molar-refractivity contribution in [2.45, 2.75) is 32.4 Å². The molecule has 0 saturated carbocycles. The molecule has 0 aromatic heterocycles. The van der Waals surface area contributed by atoms with Gasteiger partial charge in [0.25, 0.3) is 0 Å². The molecule has 0 aliphatic carbocycles. The molecule has 0 aliphatic heterocycles. The Kier molecular flexibility index (Phi) is 8.22. The van der Waals surface area contributed by atoms with Crippen LogP contribution in [0.4, 0.5) is 4.79 Å². The fraction of sp³-hybridized carbons (Fsp3) is 0.600. The fourth-order valence-corrected chi connectivity index (χ4v) is 0.758. The Bertz CT molecular complexity index is 251. The van der Waals surface area contributed by atoms with Crippen LogP contribution in [0.15, 0.2) is 0 Å². The second-order valence-electron chi connectivity index (χ2n) is 4.26. The standard InChI is InChI=1S/C10H18N2O3.Y/c1-6(8(11)13)7(2)12-9(14)15-10(3,4)5;/h6-7H,1-2H2,3-5H3,(H2,11,13)(H,12,14);/q-2;. The summed E-state index contributed by atoms with van der Waals surface area (Å²) in [6.45, 7) is 12.2. The summed E-state index contributed by atoms with van der Waals surface area (Å²) < 4.78 is 4.97. The van der Waals surface area contributed by atoms with E-state index in [9.17, 15) is 9.59 Å². The van der Waals surface area contributed by atoms with Gasteiger partial charge in [0.1, 0.15) is 5.60 Å². The van der Waals surface area contributed by atoms with Crippen molar-refractivity contribution < 1.29 is 47.0 Å². The van der Waals surface area contributed by atoms with E-state index in [0.717, 1.165) is 0 Å². The van der Waals surface area contributed by atoms with Crippen LogP contribution >= 0.6 is 0 Å². The Labute approximate surface area is 122 Å². The summed E-state index contributed by atoms with van der Waals surface area (Å²) in [7, 11) is 0. The zero-order chi connectivity index (χ0) is 12.2. The van der Waals surface area contributed by atoms with Crippen molar-refractivity contribution in [2.24, 2.45) is 11.7 Å². The molecule has 0 heterocycles. The Balaban J connectivity index is 0. The van der Waals surface area contributed by atoms with Gasteiger partial charge in [-0.1, -0.05) is 5.92 Å². The van der Waals surface area contributed by atoms with Crippen LogP contribution in [0.5, 0.6) is 0 Å². The predicted octanol–water partition coefficient (Wildman–Crippen LogP) is 0.647. The molecule has 0 fully saturated rings. The molecule has 0 aromatic carbocycles. The number of ether oxygens (including phenoxy) is 1. The number of alkyl carbamates (subject to hydrolysis) is 1. The molecule has 2 amide bonds. The fourth-order valence-electron chi connectivity index (χ4n) is 0.758. The average molecular weight is 303 g/mol. The largest absolute Gasteiger partial charge is 0.444 e.